The van der Waals surface area contributed by atoms with Crippen molar-refractivity contribution in [3.63, 3.8) is 0 Å². The van der Waals surface area contributed by atoms with Crippen LogP contribution in [0.5, 0.6) is 5.75 Å². The maximum atomic E-state index is 12.5. The van der Waals surface area contributed by atoms with E-state index in [4.69, 9.17) is 27.9 Å². The van der Waals surface area contributed by atoms with E-state index < -0.39 is 16.1 Å². The summed E-state index contributed by atoms with van der Waals surface area (Å²) in [7, 11) is -3.85. The fraction of sp³-hybridized carbons (Fsp3) is 0.476. The third kappa shape index (κ3) is 6.35. The molecular weight excluding hydrogens is 573 g/mol. The van der Waals surface area contributed by atoms with Gasteiger partial charge in [0, 0.05) is 48.1 Å². The lowest BCUT2D eigenvalue weighted by molar-refractivity contribution is 0.0540. The maximum Gasteiger partial charge on any atom is 0.331 e. The average Bonchev–Trinajstić information content (AvgIpc) is 3.24. The van der Waals surface area contributed by atoms with Crippen LogP contribution in [0.3, 0.4) is 0 Å². The van der Waals surface area contributed by atoms with Crippen LogP contribution in [0.25, 0.3) is 0 Å². The SMILES string of the molecule is O=C(NS(=O)(=O)c1cc(Br)cs1)N1CCC(N2CCC(Oc3ccc(Cl)c(Cl)c3)CC2)CC1. The molecule has 2 amide bonds. The van der Waals surface area contributed by atoms with Gasteiger partial charge < -0.3 is 9.64 Å². The number of piperidine rings is 2. The van der Waals surface area contributed by atoms with Gasteiger partial charge in [0.15, 0.2) is 0 Å². The molecule has 2 fully saturated rings. The van der Waals surface area contributed by atoms with Crippen LogP contribution in [0.15, 0.2) is 38.3 Å². The van der Waals surface area contributed by atoms with Crippen molar-refractivity contribution >= 4 is 66.5 Å². The maximum absolute atomic E-state index is 12.5. The van der Waals surface area contributed by atoms with Crippen molar-refractivity contribution in [2.75, 3.05) is 26.2 Å². The van der Waals surface area contributed by atoms with E-state index in [1.54, 1.807) is 22.4 Å². The molecule has 4 rings (SSSR count). The van der Waals surface area contributed by atoms with Gasteiger partial charge in [-0.3, -0.25) is 4.90 Å². The fourth-order valence-electron chi connectivity index (χ4n) is 4.20. The Balaban J connectivity index is 1.22. The van der Waals surface area contributed by atoms with E-state index in [0.29, 0.717) is 33.6 Å². The molecule has 0 saturated carbocycles. The Kier molecular flexibility index (Phi) is 8.13. The van der Waals surface area contributed by atoms with Gasteiger partial charge in [0.05, 0.1) is 10.0 Å². The summed E-state index contributed by atoms with van der Waals surface area (Å²) in [5.41, 5.74) is 0. The minimum Gasteiger partial charge on any atom is -0.490 e. The Labute approximate surface area is 216 Å². The lowest BCUT2D eigenvalue weighted by atomic mass is 9.99. The number of halogens is 3. The number of amides is 2. The fourth-order valence-corrected chi connectivity index (χ4v) is 7.31. The number of rotatable bonds is 5. The summed E-state index contributed by atoms with van der Waals surface area (Å²) in [6, 6.07) is 6.62. The highest BCUT2D eigenvalue weighted by Gasteiger charge is 2.31. The van der Waals surface area contributed by atoms with Crippen LogP contribution in [0.2, 0.25) is 10.0 Å². The van der Waals surface area contributed by atoms with Crippen molar-refractivity contribution in [3.8, 4) is 5.75 Å². The van der Waals surface area contributed by atoms with Gasteiger partial charge in [0.1, 0.15) is 16.1 Å². The molecule has 2 aliphatic heterocycles. The van der Waals surface area contributed by atoms with E-state index in [0.717, 1.165) is 55.9 Å². The van der Waals surface area contributed by atoms with E-state index in [2.05, 4.69) is 25.6 Å². The van der Waals surface area contributed by atoms with E-state index >= 15 is 0 Å². The van der Waals surface area contributed by atoms with Crippen LogP contribution in [-0.4, -0.2) is 62.6 Å². The summed E-state index contributed by atoms with van der Waals surface area (Å²) in [5.74, 6) is 0.729. The molecule has 0 radical (unpaired) electrons. The van der Waals surface area contributed by atoms with Crippen LogP contribution >= 0.6 is 50.5 Å². The zero-order valence-corrected chi connectivity index (χ0v) is 22.4. The first-order valence-electron chi connectivity index (χ1n) is 10.6. The smallest absolute Gasteiger partial charge is 0.331 e. The number of carbonyl (C=O) groups excluding carboxylic acids is 1. The second-order valence-corrected chi connectivity index (χ2v) is 12.7. The average molecular weight is 597 g/mol. The highest BCUT2D eigenvalue weighted by atomic mass is 79.9. The van der Waals surface area contributed by atoms with E-state index in [-0.39, 0.29) is 10.3 Å². The molecule has 33 heavy (non-hydrogen) atoms. The van der Waals surface area contributed by atoms with Crippen LogP contribution < -0.4 is 9.46 Å². The van der Waals surface area contributed by atoms with Crippen LogP contribution in [0.1, 0.15) is 25.7 Å². The summed E-state index contributed by atoms with van der Waals surface area (Å²) in [5, 5.41) is 2.66. The van der Waals surface area contributed by atoms with Gasteiger partial charge >= 0.3 is 6.03 Å². The van der Waals surface area contributed by atoms with Gasteiger partial charge in [-0.2, -0.15) is 0 Å². The van der Waals surface area contributed by atoms with Gasteiger partial charge in [-0.1, -0.05) is 23.2 Å². The molecule has 2 saturated heterocycles. The quantitative estimate of drug-likeness (QED) is 0.512. The minimum atomic E-state index is -3.85. The van der Waals surface area contributed by atoms with Crippen molar-refractivity contribution in [2.24, 2.45) is 0 Å². The summed E-state index contributed by atoms with van der Waals surface area (Å²) >= 11 is 16.3. The van der Waals surface area contributed by atoms with Crippen molar-refractivity contribution in [3.05, 3.63) is 44.2 Å². The third-order valence-electron chi connectivity index (χ3n) is 5.97. The molecule has 0 bridgehead atoms. The topological polar surface area (TPSA) is 79.0 Å². The van der Waals surface area contributed by atoms with E-state index in [1.165, 1.54) is 6.07 Å². The zero-order chi connectivity index (χ0) is 23.6. The molecule has 1 aromatic carbocycles. The Morgan fingerprint density at radius 1 is 1.06 bits per heavy atom. The minimum absolute atomic E-state index is 0.114. The lowest BCUT2D eigenvalue weighted by Crippen LogP contribution is -2.52. The number of carbonyl (C=O) groups is 1. The molecular formula is C21H24BrCl2N3O4S2. The van der Waals surface area contributed by atoms with Gasteiger partial charge in [0.2, 0.25) is 0 Å². The molecule has 0 spiro atoms. The number of nitrogens with one attached hydrogen (secondary N) is 1. The molecule has 3 heterocycles. The molecule has 0 atom stereocenters. The highest BCUT2D eigenvalue weighted by Crippen LogP contribution is 2.29. The molecule has 180 valence electrons. The summed E-state index contributed by atoms with van der Waals surface area (Å²) in [6.07, 6.45) is 3.59. The number of sulfonamides is 1. The highest BCUT2D eigenvalue weighted by molar-refractivity contribution is 9.10. The molecule has 7 nitrogen and oxygen atoms in total. The largest absolute Gasteiger partial charge is 0.490 e. The zero-order valence-electron chi connectivity index (χ0n) is 17.7. The number of benzene rings is 1. The third-order valence-corrected chi connectivity index (χ3v) is 10.2. The van der Waals surface area contributed by atoms with Gasteiger partial charge in [-0.15, -0.1) is 11.3 Å². The number of likely N-dealkylation sites (tertiary alicyclic amines) is 2. The number of ether oxygens (including phenoxy) is 1. The molecule has 1 aromatic heterocycles. The number of hydrogen-bond donors (Lipinski definition) is 1. The number of urea groups is 1. The Hall–Kier alpha value is -1.04. The summed E-state index contributed by atoms with van der Waals surface area (Å²) in [4.78, 5) is 16.5. The normalized spacial score (nSPS) is 18.9. The number of hydrogen-bond acceptors (Lipinski definition) is 6. The first-order valence-corrected chi connectivity index (χ1v) is 14.5. The van der Waals surface area contributed by atoms with Crippen molar-refractivity contribution < 1.29 is 17.9 Å². The van der Waals surface area contributed by atoms with Gasteiger partial charge in [0.25, 0.3) is 10.0 Å². The van der Waals surface area contributed by atoms with Crippen LogP contribution in [0, 0.1) is 0 Å². The summed E-state index contributed by atoms with van der Waals surface area (Å²) < 4.78 is 33.9. The summed E-state index contributed by atoms with van der Waals surface area (Å²) in [6.45, 7) is 2.90. The Bertz CT molecular complexity index is 1100. The Morgan fingerprint density at radius 3 is 2.36 bits per heavy atom. The molecule has 2 aromatic rings. The molecule has 2 aliphatic rings. The van der Waals surface area contributed by atoms with Crippen molar-refractivity contribution in [1.29, 1.82) is 0 Å². The molecule has 0 unspecified atom stereocenters. The number of nitrogens with zero attached hydrogens (tertiary/aromatic N) is 2. The standard InChI is InChI=1S/C21H24BrCl2N3O4S2/c22-14-11-20(32-13-14)33(29,30)25-21(28)27-7-3-15(4-8-27)26-9-5-16(6-10-26)31-17-1-2-18(23)19(24)12-17/h1-2,11-13,15-16H,3-10H2,(H,25,28). The molecule has 12 heteroatoms. The van der Waals surface area contributed by atoms with Crippen molar-refractivity contribution in [1.82, 2.24) is 14.5 Å². The van der Waals surface area contributed by atoms with Gasteiger partial charge in [-0.05, 0) is 59.8 Å². The lowest BCUT2D eigenvalue weighted by Gasteiger charge is -2.41. The molecule has 1 N–H and O–H groups in total. The predicted octanol–water partition coefficient (Wildman–Crippen LogP) is 5.22. The van der Waals surface area contributed by atoms with Crippen LogP contribution in [-0.2, 0) is 10.0 Å². The second-order valence-electron chi connectivity index (χ2n) is 8.14. The molecule has 0 aliphatic carbocycles. The van der Waals surface area contributed by atoms with Gasteiger partial charge in [-0.25, -0.2) is 17.9 Å². The monoisotopic (exact) mass is 595 g/mol. The first-order chi connectivity index (χ1) is 15.7. The van der Waals surface area contributed by atoms with Crippen molar-refractivity contribution in [2.45, 2.75) is 42.0 Å². The number of thiophene rings is 1. The Morgan fingerprint density at radius 2 is 1.76 bits per heavy atom. The van der Waals surface area contributed by atoms with E-state index in [9.17, 15) is 13.2 Å². The first kappa shape index (κ1) is 25.1. The second kappa shape index (κ2) is 10.7. The van der Waals surface area contributed by atoms with Crippen LogP contribution in [0.4, 0.5) is 4.79 Å². The van der Waals surface area contributed by atoms with E-state index in [1.807, 2.05) is 6.07 Å². The predicted molar refractivity (Wildman–Crippen MR) is 134 cm³/mol.